The first-order valence-electron chi connectivity index (χ1n) is 23.5. The molecule has 1 amide bonds. The largest absolute Gasteiger partial charge is 0.394 e. The van der Waals surface area contributed by atoms with Gasteiger partial charge in [0, 0.05) is 0 Å². The fourth-order valence-electron chi connectivity index (χ4n) is 7.11. The quantitative estimate of drug-likeness (QED) is 0.0183. The van der Waals surface area contributed by atoms with E-state index in [0.29, 0.717) is 19.3 Å². The number of hydrogen-bond acceptors (Lipinski definition) is 9. The van der Waals surface area contributed by atoms with Crippen LogP contribution in [0.3, 0.4) is 0 Å². The van der Waals surface area contributed by atoms with Gasteiger partial charge in [0.05, 0.1) is 25.4 Å². The predicted molar refractivity (Wildman–Crippen MR) is 236 cm³/mol. The van der Waals surface area contributed by atoms with Crippen LogP contribution in [0.5, 0.6) is 0 Å². The molecule has 0 radical (unpaired) electrons. The maximum Gasteiger partial charge on any atom is 0.249 e. The lowest BCUT2D eigenvalue weighted by Gasteiger charge is -2.40. The molecule has 0 bridgehead atoms. The summed E-state index contributed by atoms with van der Waals surface area (Å²) in [5, 5.41) is 64.6. The number of allylic oxidation sites excluding steroid dienone is 7. The van der Waals surface area contributed by atoms with Gasteiger partial charge in [-0.25, -0.2) is 0 Å². The van der Waals surface area contributed by atoms with Crippen LogP contribution in [0.2, 0.25) is 0 Å². The van der Waals surface area contributed by atoms with Gasteiger partial charge >= 0.3 is 0 Å². The fourth-order valence-corrected chi connectivity index (χ4v) is 7.11. The molecule has 8 atom stereocenters. The number of ether oxygens (including phenoxy) is 2. The molecule has 10 heteroatoms. The molecule has 8 unspecified atom stereocenters. The molecule has 1 aliphatic heterocycles. The smallest absolute Gasteiger partial charge is 0.249 e. The monoisotopic (exact) mass is 822 g/mol. The van der Waals surface area contributed by atoms with Gasteiger partial charge in [-0.2, -0.15) is 0 Å². The highest BCUT2D eigenvalue weighted by molar-refractivity contribution is 5.80. The molecule has 0 saturated carbocycles. The molecule has 1 rings (SSSR count). The maximum atomic E-state index is 13.0. The van der Waals surface area contributed by atoms with Crippen molar-refractivity contribution < 1.29 is 44.9 Å². The molecule has 0 aromatic carbocycles. The van der Waals surface area contributed by atoms with Gasteiger partial charge in [-0.3, -0.25) is 4.79 Å². The van der Waals surface area contributed by atoms with Crippen LogP contribution in [0, 0.1) is 0 Å². The third-order valence-corrected chi connectivity index (χ3v) is 11.0. The van der Waals surface area contributed by atoms with Crippen LogP contribution >= 0.6 is 0 Å². The van der Waals surface area contributed by atoms with E-state index in [0.717, 1.165) is 38.5 Å². The van der Waals surface area contributed by atoms with Crippen molar-refractivity contribution in [3.05, 3.63) is 48.6 Å². The summed E-state index contributed by atoms with van der Waals surface area (Å²) in [5.41, 5.74) is 0. The number of hydrogen-bond donors (Lipinski definition) is 7. The second-order valence-corrected chi connectivity index (χ2v) is 16.4. The number of nitrogens with one attached hydrogen (secondary N) is 1. The molecule has 1 saturated heterocycles. The first kappa shape index (κ1) is 54.1. The third kappa shape index (κ3) is 27.8. The molecule has 10 nitrogen and oxygen atoms in total. The minimum atomic E-state index is -1.62. The van der Waals surface area contributed by atoms with Gasteiger partial charge < -0.3 is 45.4 Å². The van der Waals surface area contributed by atoms with Crippen molar-refractivity contribution in [2.45, 2.75) is 236 Å². The minimum Gasteiger partial charge on any atom is -0.394 e. The van der Waals surface area contributed by atoms with E-state index in [1.165, 1.54) is 116 Å². The van der Waals surface area contributed by atoms with Crippen molar-refractivity contribution in [1.29, 1.82) is 0 Å². The Morgan fingerprint density at radius 2 is 1.07 bits per heavy atom. The highest BCUT2D eigenvalue weighted by atomic mass is 16.7. The number of amides is 1. The van der Waals surface area contributed by atoms with Crippen molar-refractivity contribution >= 4 is 5.91 Å². The Hall–Kier alpha value is -1.89. The average molecular weight is 822 g/mol. The summed E-state index contributed by atoms with van der Waals surface area (Å²) in [6.07, 6.45) is 37.6. The van der Waals surface area contributed by atoms with E-state index in [-0.39, 0.29) is 6.61 Å². The predicted octanol–water partition coefficient (Wildman–Crippen LogP) is 8.81. The molecule has 338 valence electrons. The molecule has 0 aliphatic carbocycles. The lowest BCUT2D eigenvalue weighted by Crippen LogP contribution is -2.60. The van der Waals surface area contributed by atoms with E-state index >= 15 is 0 Å². The Bertz CT molecular complexity index is 1060. The summed E-state index contributed by atoms with van der Waals surface area (Å²) >= 11 is 0. The molecular formula is C48H87NO9. The fraction of sp³-hybridized carbons (Fsp3) is 0.812. The number of carbonyl (C=O) groups excluding carboxylic acids is 1. The molecule has 1 aliphatic rings. The highest BCUT2D eigenvalue weighted by Crippen LogP contribution is 2.22. The van der Waals surface area contributed by atoms with Crippen LogP contribution in [-0.2, 0) is 14.3 Å². The summed E-state index contributed by atoms with van der Waals surface area (Å²) in [6, 6.07) is -0.999. The molecule has 1 heterocycles. The van der Waals surface area contributed by atoms with Gasteiger partial charge in [0.1, 0.15) is 30.5 Å². The Balaban J connectivity index is 2.43. The summed E-state index contributed by atoms with van der Waals surface area (Å²) in [6.45, 7) is 3.55. The molecule has 0 aromatic rings. The van der Waals surface area contributed by atoms with Crippen molar-refractivity contribution in [3.8, 4) is 0 Å². The van der Waals surface area contributed by atoms with Crippen molar-refractivity contribution in [2.75, 3.05) is 13.2 Å². The van der Waals surface area contributed by atoms with E-state index in [1.807, 2.05) is 6.08 Å². The van der Waals surface area contributed by atoms with E-state index in [4.69, 9.17) is 9.47 Å². The van der Waals surface area contributed by atoms with E-state index in [2.05, 4.69) is 55.6 Å². The standard InChI is InChI=1S/C48H87NO9/c1-3-5-7-9-11-13-15-17-19-20-21-23-25-27-29-31-33-35-37-42(52)47(56)49-40(39-57-48-46(55)45(54)44(53)43(38-50)58-48)41(51)36-34-32-30-28-26-24-22-18-16-14-12-10-8-6-4-2/h11,13,15,17,26,28,34,36,40-46,48,50-55H,3-10,12,14,16,18-25,27,29-33,35,37-39H2,1-2H3,(H,49,56)/b13-11-,17-15-,28-26+,36-34+. The highest BCUT2D eigenvalue weighted by Gasteiger charge is 2.44. The Kier molecular flexibility index (Phi) is 35.5. The van der Waals surface area contributed by atoms with Gasteiger partial charge in [0.2, 0.25) is 5.91 Å². The zero-order valence-electron chi connectivity index (χ0n) is 36.7. The van der Waals surface area contributed by atoms with E-state index in [1.54, 1.807) is 6.08 Å². The lowest BCUT2D eigenvalue weighted by molar-refractivity contribution is -0.302. The molecule has 1 fully saturated rings. The number of aliphatic hydroxyl groups excluding tert-OH is 6. The summed E-state index contributed by atoms with van der Waals surface area (Å²) in [5.74, 6) is -0.632. The number of carbonyl (C=O) groups is 1. The molecule has 0 spiro atoms. The Morgan fingerprint density at radius 1 is 0.603 bits per heavy atom. The average Bonchev–Trinajstić information content (AvgIpc) is 3.22. The zero-order valence-corrected chi connectivity index (χ0v) is 36.7. The summed E-state index contributed by atoms with van der Waals surface area (Å²) < 4.78 is 11.1. The van der Waals surface area contributed by atoms with Crippen LogP contribution in [0.4, 0.5) is 0 Å². The zero-order chi connectivity index (χ0) is 42.5. The molecular weight excluding hydrogens is 735 g/mol. The van der Waals surface area contributed by atoms with E-state index < -0.39 is 61.5 Å². The van der Waals surface area contributed by atoms with Gasteiger partial charge in [-0.1, -0.05) is 178 Å². The van der Waals surface area contributed by atoms with Crippen molar-refractivity contribution in [3.63, 3.8) is 0 Å². The first-order chi connectivity index (χ1) is 28.3. The van der Waals surface area contributed by atoms with Crippen LogP contribution in [0.1, 0.15) is 187 Å². The Morgan fingerprint density at radius 3 is 1.64 bits per heavy atom. The van der Waals surface area contributed by atoms with Crippen LogP contribution in [-0.4, -0.2) is 98.7 Å². The summed E-state index contributed by atoms with van der Waals surface area (Å²) in [7, 11) is 0. The second kappa shape index (κ2) is 38.1. The first-order valence-corrected chi connectivity index (χ1v) is 23.5. The third-order valence-electron chi connectivity index (χ3n) is 11.0. The molecule has 58 heavy (non-hydrogen) atoms. The molecule has 0 aromatic heterocycles. The van der Waals surface area contributed by atoms with Crippen molar-refractivity contribution in [2.24, 2.45) is 0 Å². The van der Waals surface area contributed by atoms with Crippen LogP contribution in [0.25, 0.3) is 0 Å². The number of unbranched alkanes of at least 4 members (excludes halogenated alkanes) is 22. The van der Waals surface area contributed by atoms with Crippen LogP contribution < -0.4 is 5.32 Å². The second-order valence-electron chi connectivity index (χ2n) is 16.4. The number of rotatable bonds is 38. The maximum absolute atomic E-state index is 13.0. The number of aliphatic hydroxyl groups is 6. The van der Waals surface area contributed by atoms with E-state index in [9.17, 15) is 35.4 Å². The van der Waals surface area contributed by atoms with Gasteiger partial charge in [-0.05, 0) is 57.8 Å². The SMILES string of the molecule is CCCCC/C=C\C=C/CCCCCCCCCCCC(O)C(=O)NC(COC1OC(CO)C(O)C(O)C1O)C(O)/C=C/CC/C=C/CCCCCCCCCCC. The summed E-state index contributed by atoms with van der Waals surface area (Å²) in [4.78, 5) is 13.0. The van der Waals surface area contributed by atoms with Gasteiger partial charge in [0.25, 0.3) is 0 Å². The van der Waals surface area contributed by atoms with Crippen molar-refractivity contribution in [1.82, 2.24) is 5.32 Å². The molecule has 7 N–H and O–H groups in total. The normalized spacial score (nSPS) is 21.8. The lowest BCUT2D eigenvalue weighted by atomic mass is 9.99. The Labute approximate surface area is 353 Å². The van der Waals surface area contributed by atoms with Crippen LogP contribution in [0.15, 0.2) is 48.6 Å². The van der Waals surface area contributed by atoms with Gasteiger partial charge in [0.15, 0.2) is 6.29 Å². The topological polar surface area (TPSA) is 169 Å². The minimum absolute atomic E-state index is 0.297. The van der Waals surface area contributed by atoms with Gasteiger partial charge in [-0.15, -0.1) is 0 Å².